The lowest BCUT2D eigenvalue weighted by molar-refractivity contribution is -0.164. The van der Waals surface area contributed by atoms with Crippen LogP contribution in [0.2, 0.25) is 0 Å². The molecule has 0 N–H and O–H groups in total. The van der Waals surface area contributed by atoms with Gasteiger partial charge in [-0.2, -0.15) is 0 Å². The first-order valence-electron chi connectivity index (χ1n) is 11.0. The van der Waals surface area contributed by atoms with Gasteiger partial charge in [0, 0.05) is 12.8 Å². The van der Waals surface area contributed by atoms with Gasteiger partial charge in [0.15, 0.2) is 5.78 Å². The zero-order valence-electron chi connectivity index (χ0n) is 17.8. The molecular weight excluding hydrogens is 352 g/mol. The molecule has 0 aromatic carbocycles. The van der Waals surface area contributed by atoms with Gasteiger partial charge in [-0.15, -0.1) is 0 Å². The Morgan fingerprint density at radius 1 is 1.07 bits per heavy atom. The first-order valence-corrected chi connectivity index (χ1v) is 11.0. The Balaban J connectivity index is 1.59. The second-order valence-electron chi connectivity index (χ2n) is 11.0. The molecule has 28 heavy (non-hydrogen) atoms. The number of ketones is 2. The molecule has 0 spiro atoms. The number of hydrogen-bond donors (Lipinski definition) is 0. The summed E-state index contributed by atoms with van der Waals surface area (Å²) in [7, 11) is 0. The van der Waals surface area contributed by atoms with Crippen LogP contribution in [0.25, 0.3) is 0 Å². The molecule has 0 bridgehead atoms. The van der Waals surface area contributed by atoms with Crippen LogP contribution >= 0.6 is 0 Å². The summed E-state index contributed by atoms with van der Waals surface area (Å²) in [6.07, 6.45) is 8.95. The van der Waals surface area contributed by atoms with Crippen molar-refractivity contribution in [2.75, 3.05) is 6.61 Å². The first kappa shape index (κ1) is 19.8. The second-order valence-corrected chi connectivity index (χ2v) is 11.0. The SMILES string of the molecule is CC(C)(C)C(=O)OC[C@]12CC[C@H]3[C@@H](CCC4=CC(=O)CC[C@@]43C)[C@@H]1CCC2=O. The smallest absolute Gasteiger partial charge is 0.311 e. The van der Waals surface area contributed by atoms with E-state index < -0.39 is 10.8 Å². The predicted molar refractivity (Wildman–Crippen MR) is 106 cm³/mol. The third-order valence-electron chi connectivity index (χ3n) is 8.48. The summed E-state index contributed by atoms with van der Waals surface area (Å²) < 4.78 is 5.73. The lowest BCUT2D eigenvalue weighted by Crippen LogP contribution is -2.53. The maximum Gasteiger partial charge on any atom is 0.311 e. The highest BCUT2D eigenvalue weighted by atomic mass is 16.5. The summed E-state index contributed by atoms with van der Waals surface area (Å²) in [5, 5.41) is 0. The van der Waals surface area contributed by atoms with E-state index in [1.807, 2.05) is 26.8 Å². The van der Waals surface area contributed by atoms with Crippen LogP contribution in [-0.4, -0.2) is 24.1 Å². The van der Waals surface area contributed by atoms with Crippen molar-refractivity contribution >= 4 is 17.5 Å². The van der Waals surface area contributed by atoms with Crippen molar-refractivity contribution in [3.63, 3.8) is 0 Å². The van der Waals surface area contributed by atoms with E-state index in [0.717, 1.165) is 38.5 Å². The van der Waals surface area contributed by atoms with Crippen LogP contribution in [0.15, 0.2) is 11.6 Å². The summed E-state index contributed by atoms with van der Waals surface area (Å²) in [5.41, 5.74) is 0.444. The molecule has 4 aliphatic rings. The zero-order chi connectivity index (χ0) is 20.3. The van der Waals surface area contributed by atoms with E-state index in [1.54, 1.807) is 0 Å². The van der Waals surface area contributed by atoms with Crippen LogP contribution in [-0.2, 0) is 19.1 Å². The average Bonchev–Trinajstić information content (AvgIpc) is 2.96. The number of rotatable bonds is 2. The highest BCUT2D eigenvalue weighted by Crippen LogP contribution is 2.64. The number of hydrogen-bond acceptors (Lipinski definition) is 4. The molecule has 0 aromatic heterocycles. The molecule has 4 aliphatic carbocycles. The Hall–Kier alpha value is -1.45. The van der Waals surface area contributed by atoms with Gasteiger partial charge in [0.25, 0.3) is 0 Å². The molecule has 0 aliphatic heterocycles. The fourth-order valence-electron chi connectivity index (χ4n) is 6.82. The van der Waals surface area contributed by atoms with Gasteiger partial charge in [-0.3, -0.25) is 14.4 Å². The van der Waals surface area contributed by atoms with Crippen molar-refractivity contribution in [2.24, 2.45) is 34.0 Å². The number of esters is 1. The van der Waals surface area contributed by atoms with Crippen LogP contribution in [0.4, 0.5) is 0 Å². The molecule has 0 heterocycles. The minimum atomic E-state index is -0.544. The number of fused-ring (bicyclic) bond motifs is 5. The summed E-state index contributed by atoms with van der Waals surface area (Å²) in [5.74, 6) is 1.74. The second kappa shape index (κ2) is 6.53. The fourth-order valence-corrected chi connectivity index (χ4v) is 6.82. The number of ether oxygens (including phenoxy) is 1. The molecule has 5 atom stereocenters. The minimum absolute atomic E-state index is 0.108. The normalized spacial score (nSPS) is 40.3. The van der Waals surface area contributed by atoms with Gasteiger partial charge < -0.3 is 4.74 Å². The van der Waals surface area contributed by atoms with E-state index in [1.165, 1.54) is 5.57 Å². The third kappa shape index (κ3) is 2.90. The van der Waals surface area contributed by atoms with Crippen molar-refractivity contribution in [1.82, 2.24) is 0 Å². The molecule has 0 amide bonds. The molecule has 0 unspecified atom stereocenters. The molecule has 3 fully saturated rings. The van der Waals surface area contributed by atoms with Crippen LogP contribution < -0.4 is 0 Å². The first-order chi connectivity index (χ1) is 13.1. The number of carbonyl (C=O) groups is 3. The lowest BCUT2D eigenvalue weighted by atomic mass is 9.47. The molecule has 4 heteroatoms. The third-order valence-corrected chi connectivity index (χ3v) is 8.48. The van der Waals surface area contributed by atoms with Crippen LogP contribution in [0.1, 0.15) is 79.1 Å². The van der Waals surface area contributed by atoms with Crippen molar-refractivity contribution in [2.45, 2.75) is 79.1 Å². The van der Waals surface area contributed by atoms with E-state index in [4.69, 9.17) is 4.74 Å². The Morgan fingerprint density at radius 3 is 2.54 bits per heavy atom. The van der Waals surface area contributed by atoms with E-state index >= 15 is 0 Å². The summed E-state index contributed by atoms with van der Waals surface area (Å²) in [6.45, 7) is 8.19. The van der Waals surface area contributed by atoms with Crippen LogP contribution in [0.3, 0.4) is 0 Å². The van der Waals surface area contributed by atoms with Crippen molar-refractivity contribution in [3.05, 3.63) is 11.6 Å². The highest BCUT2D eigenvalue weighted by molar-refractivity contribution is 5.92. The summed E-state index contributed by atoms with van der Waals surface area (Å²) in [6, 6.07) is 0. The highest BCUT2D eigenvalue weighted by Gasteiger charge is 2.61. The Bertz CT molecular complexity index is 742. The molecule has 0 aromatic rings. The average molecular weight is 387 g/mol. The maximum atomic E-state index is 13.0. The minimum Gasteiger partial charge on any atom is -0.464 e. The van der Waals surface area contributed by atoms with Gasteiger partial charge in [-0.25, -0.2) is 0 Å². The Kier molecular flexibility index (Phi) is 4.63. The zero-order valence-corrected chi connectivity index (χ0v) is 17.8. The monoisotopic (exact) mass is 386 g/mol. The van der Waals surface area contributed by atoms with Gasteiger partial charge >= 0.3 is 5.97 Å². The molecule has 4 rings (SSSR count). The molecule has 4 nitrogen and oxygen atoms in total. The topological polar surface area (TPSA) is 60.4 Å². The van der Waals surface area contributed by atoms with E-state index in [0.29, 0.717) is 36.4 Å². The van der Waals surface area contributed by atoms with Crippen molar-refractivity contribution in [1.29, 1.82) is 0 Å². The summed E-state index contributed by atoms with van der Waals surface area (Å²) in [4.78, 5) is 37.4. The Morgan fingerprint density at radius 2 is 1.82 bits per heavy atom. The van der Waals surface area contributed by atoms with E-state index in [-0.39, 0.29) is 23.8 Å². The molecule has 0 radical (unpaired) electrons. The van der Waals surface area contributed by atoms with Crippen molar-refractivity contribution < 1.29 is 19.1 Å². The van der Waals surface area contributed by atoms with Gasteiger partial charge in [0.2, 0.25) is 0 Å². The molecule has 0 saturated heterocycles. The lowest BCUT2D eigenvalue weighted by Gasteiger charge is -2.57. The fraction of sp³-hybridized carbons (Fsp3) is 0.792. The molecule has 154 valence electrons. The maximum absolute atomic E-state index is 13.0. The van der Waals surface area contributed by atoms with Crippen molar-refractivity contribution in [3.8, 4) is 0 Å². The Labute approximate surface area is 168 Å². The van der Waals surface area contributed by atoms with Crippen LogP contribution in [0.5, 0.6) is 0 Å². The quantitative estimate of drug-likeness (QED) is 0.648. The van der Waals surface area contributed by atoms with E-state index in [9.17, 15) is 14.4 Å². The summed E-state index contributed by atoms with van der Waals surface area (Å²) >= 11 is 0. The van der Waals surface area contributed by atoms with Gasteiger partial charge in [0.05, 0.1) is 10.8 Å². The van der Waals surface area contributed by atoms with Crippen LogP contribution in [0, 0.1) is 34.0 Å². The van der Waals surface area contributed by atoms with Gasteiger partial charge in [-0.1, -0.05) is 12.5 Å². The largest absolute Gasteiger partial charge is 0.464 e. The van der Waals surface area contributed by atoms with Gasteiger partial charge in [-0.05, 0) is 88.5 Å². The molecular formula is C24H34O4. The molecule has 3 saturated carbocycles. The van der Waals surface area contributed by atoms with Gasteiger partial charge in [0.1, 0.15) is 12.4 Å². The predicted octanol–water partition coefficient (Wildman–Crippen LogP) is 4.66. The number of carbonyl (C=O) groups excluding carboxylic acids is 3. The number of Topliss-reactive ketones (excluding diaryl/α,β-unsaturated/α-hetero) is 1. The van der Waals surface area contributed by atoms with E-state index in [2.05, 4.69) is 6.92 Å². The number of allylic oxidation sites excluding steroid dienone is 1. The standard InChI is InChI=1S/C24H34O4/c1-22(2,3)21(27)28-14-24-12-10-18-17(19(24)7-8-20(24)26)6-5-15-13-16(25)9-11-23(15,18)4/h13,17-19H,5-12,14H2,1-4H3/t17-,18+,19+,23+,24-/m1/s1.